The van der Waals surface area contributed by atoms with Gasteiger partial charge >= 0.3 is 0 Å². The van der Waals surface area contributed by atoms with Crippen molar-refractivity contribution in [1.29, 1.82) is 0 Å². The SMILES string of the molecule is CCc1nc(OC)c2c(n1)-c1sc3ccccc3c1SCC2. The fraction of sp³-hybridized carbons (Fsp3) is 0.294. The van der Waals surface area contributed by atoms with Gasteiger partial charge in [-0.15, -0.1) is 23.1 Å². The lowest BCUT2D eigenvalue weighted by Gasteiger charge is -2.11. The molecule has 0 saturated carbocycles. The van der Waals surface area contributed by atoms with E-state index in [9.17, 15) is 0 Å². The topological polar surface area (TPSA) is 35.0 Å². The molecule has 3 nitrogen and oxygen atoms in total. The Hall–Kier alpha value is -1.59. The van der Waals surface area contributed by atoms with E-state index in [1.165, 1.54) is 19.9 Å². The van der Waals surface area contributed by atoms with Gasteiger partial charge in [0, 0.05) is 32.7 Å². The maximum Gasteiger partial charge on any atom is 0.220 e. The molecule has 0 bridgehead atoms. The van der Waals surface area contributed by atoms with Crippen LogP contribution in [0.1, 0.15) is 18.3 Å². The summed E-state index contributed by atoms with van der Waals surface area (Å²) in [5, 5.41) is 1.34. The lowest BCUT2D eigenvalue weighted by molar-refractivity contribution is 0.390. The minimum atomic E-state index is 0.743. The van der Waals surface area contributed by atoms with Crippen molar-refractivity contribution >= 4 is 33.2 Å². The second-order valence-electron chi connectivity index (χ2n) is 5.18. The van der Waals surface area contributed by atoms with E-state index in [0.29, 0.717) is 0 Å². The zero-order valence-electron chi connectivity index (χ0n) is 12.5. The Morgan fingerprint density at radius 2 is 2.09 bits per heavy atom. The molecule has 0 spiro atoms. The lowest BCUT2D eigenvalue weighted by Crippen LogP contribution is -2.04. The van der Waals surface area contributed by atoms with Crippen molar-refractivity contribution in [2.45, 2.75) is 24.7 Å². The van der Waals surface area contributed by atoms with Crippen molar-refractivity contribution in [3.63, 3.8) is 0 Å². The van der Waals surface area contributed by atoms with Crippen LogP contribution in [0.15, 0.2) is 29.2 Å². The Labute approximate surface area is 137 Å². The highest BCUT2D eigenvalue weighted by molar-refractivity contribution is 7.99. The molecule has 112 valence electrons. The van der Waals surface area contributed by atoms with Crippen LogP contribution in [0, 0.1) is 0 Å². The second-order valence-corrected chi connectivity index (χ2v) is 7.34. The maximum absolute atomic E-state index is 5.54. The summed E-state index contributed by atoms with van der Waals surface area (Å²) in [6, 6.07) is 8.61. The van der Waals surface area contributed by atoms with Gasteiger partial charge in [-0.05, 0) is 12.5 Å². The van der Waals surface area contributed by atoms with Gasteiger partial charge in [0.25, 0.3) is 0 Å². The number of rotatable bonds is 2. The summed E-state index contributed by atoms with van der Waals surface area (Å²) >= 11 is 3.75. The van der Waals surface area contributed by atoms with Gasteiger partial charge in [-0.1, -0.05) is 25.1 Å². The van der Waals surface area contributed by atoms with Gasteiger partial charge in [0.05, 0.1) is 17.7 Å². The van der Waals surface area contributed by atoms with Crippen molar-refractivity contribution in [1.82, 2.24) is 9.97 Å². The largest absolute Gasteiger partial charge is 0.481 e. The van der Waals surface area contributed by atoms with Crippen LogP contribution in [-0.4, -0.2) is 22.8 Å². The van der Waals surface area contributed by atoms with Crippen molar-refractivity contribution in [3.8, 4) is 16.5 Å². The molecule has 1 aliphatic rings. The van der Waals surface area contributed by atoms with Crippen LogP contribution in [-0.2, 0) is 12.8 Å². The van der Waals surface area contributed by atoms with E-state index in [-0.39, 0.29) is 0 Å². The van der Waals surface area contributed by atoms with Gasteiger partial charge in [0.1, 0.15) is 5.82 Å². The number of methoxy groups -OCH3 is 1. The first-order chi connectivity index (χ1) is 10.8. The van der Waals surface area contributed by atoms with E-state index in [4.69, 9.17) is 9.72 Å². The van der Waals surface area contributed by atoms with Crippen LogP contribution in [0.25, 0.3) is 20.7 Å². The molecular formula is C17H16N2OS2. The van der Waals surface area contributed by atoms with E-state index in [0.717, 1.165) is 41.6 Å². The van der Waals surface area contributed by atoms with Crippen LogP contribution in [0.2, 0.25) is 0 Å². The number of aryl methyl sites for hydroxylation is 1. The quantitative estimate of drug-likeness (QED) is 0.690. The number of nitrogens with zero attached hydrogens (tertiary/aromatic N) is 2. The first-order valence-electron chi connectivity index (χ1n) is 7.40. The summed E-state index contributed by atoms with van der Waals surface area (Å²) in [5.74, 6) is 2.63. The number of aromatic nitrogens is 2. The van der Waals surface area contributed by atoms with Crippen molar-refractivity contribution in [3.05, 3.63) is 35.7 Å². The maximum atomic E-state index is 5.54. The third-order valence-corrected chi connectivity index (χ3v) is 6.32. The monoisotopic (exact) mass is 328 g/mol. The van der Waals surface area contributed by atoms with Gasteiger partial charge in [-0.3, -0.25) is 0 Å². The summed E-state index contributed by atoms with van der Waals surface area (Å²) in [6.07, 6.45) is 1.76. The molecule has 5 heteroatoms. The standard InChI is InChI=1S/C17H16N2OS2/c1-3-13-18-14-11(17(19-13)20-2)8-9-21-15-10-6-4-5-7-12(10)22-16(14)15/h4-7H,3,8-9H2,1-2H3. The Morgan fingerprint density at radius 1 is 1.23 bits per heavy atom. The predicted molar refractivity (Wildman–Crippen MR) is 93.2 cm³/mol. The summed E-state index contributed by atoms with van der Waals surface area (Å²) in [7, 11) is 1.70. The van der Waals surface area contributed by atoms with E-state index >= 15 is 0 Å². The molecule has 3 aromatic rings. The number of benzene rings is 1. The Kier molecular flexibility index (Phi) is 3.54. The van der Waals surface area contributed by atoms with E-state index in [1.54, 1.807) is 7.11 Å². The smallest absolute Gasteiger partial charge is 0.220 e. The highest BCUT2D eigenvalue weighted by atomic mass is 32.2. The minimum absolute atomic E-state index is 0.743. The van der Waals surface area contributed by atoms with Gasteiger partial charge in [0.15, 0.2) is 0 Å². The number of thiophene rings is 1. The highest BCUT2D eigenvalue weighted by Gasteiger charge is 2.25. The summed E-state index contributed by atoms with van der Waals surface area (Å²) in [5.41, 5.74) is 2.22. The first-order valence-corrected chi connectivity index (χ1v) is 9.20. The molecule has 0 saturated heterocycles. The molecule has 4 rings (SSSR count). The molecule has 0 amide bonds. The number of thioether (sulfide) groups is 1. The molecule has 0 unspecified atom stereocenters. The third-order valence-electron chi connectivity index (χ3n) is 3.89. The molecule has 1 aliphatic heterocycles. The van der Waals surface area contributed by atoms with Gasteiger partial charge in [-0.25, -0.2) is 4.98 Å². The number of fused-ring (bicyclic) bond motifs is 5. The zero-order chi connectivity index (χ0) is 15.1. The summed E-state index contributed by atoms with van der Waals surface area (Å²) in [4.78, 5) is 12.0. The lowest BCUT2D eigenvalue weighted by atomic mass is 10.1. The molecule has 0 N–H and O–H groups in total. The minimum Gasteiger partial charge on any atom is -0.481 e. The number of hydrogen-bond acceptors (Lipinski definition) is 5. The van der Waals surface area contributed by atoms with E-state index in [1.807, 2.05) is 23.1 Å². The molecule has 22 heavy (non-hydrogen) atoms. The number of hydrogen-bond donors (Lipinski definition) is 0. The molecule has 0 atom stereocenters. The van der Waals surface area contributed by atoms with Crippen LogP contribution < -0.4 is 4.74 Å². The molecule has 0 radical (unpaired) electrons. The fourth-order valence-electron chi connectivity index (χ4n) is 2.82. The van der Waals surface area contributed by atoms with Crippen molar-refractivity contribution in [2.24, 2.45) is 0 Å². The molecule has 0 aliphatic carbocycles. The Morgan fingerprint density at radius 3 is 2.91 bits per heavy atom. The summed E-state index contributed by atoms with van der Waals surface area (Å²) < 4.78 is 6.87. The highest BCUT2D eigenvalue weighted by Crippen LogP contribution is 2.47. The van der Waals surface area contributed by atoms with Crippen LogP contribution >= 0.6 is 23.1 Å². The average Bonchev–Trinajstić information content (AvgIpc) is 2.83. The van der Waals surface area contributed by atoms with E-state index in [2.05, 4.69) is 36.2 Å². The van der Waals surface area contributed by atoms with Crippen molar-refractivity contribution in [2.75, 3.05) is 12.9 Å². The Bertz CT molecular complexity index is 857. The van der Waals surface area contributed by atoms with Crippen LogP contribution in [0.3, 0.4) is 0 Å². The Balaban J connectivity index is 2.05. The van der Waals surface area contributed by atoms with Gasteiger partial charge < -0.3 is 4.74 Å². The van der Waals surface area contributed by atoms with Crippen LogP contribution in [0.5, 0.6) is 5.88 Å². The number of ether oxygens (including phenoxy) is 1. The molecule has 0 fully saturated rings. The van der Waals surface area contributed by atoms with Gasteiger partial charge in [0.2, 0.25) is 5.88 Å². The van der Waals surface area contributed by atoms with E-state index < -0.39 is 0 Å². The zero-order valence-corrected chi connectivity index (χ0v) is 14.2. The molecule has 3 heterocycles. The van der Waals surface area contributed by atoms with Crippen LogP contribution in [0.4, 0.5) is 0 Å². The first kappa shape index (κ1) is 14.0. The molecule has 2 aromatic heterocycles. The molecular weight excluding hydrogens is 312 g/mol. The third kappa shape index (κ3) is 2.11. The fourth-order valence-corrected chi connectivity index (χ4v) is 5.38. The van der Waals surface area contributed by atoms with Gasteiger partial charge in [-0.2, -0.15) is 4.98 Å². The second kappa shape index (κ2) is 5.56. The molecule has 1 aromatic carbocycles. The average molecular weight is 328 g/mol. The predicted octanol–water partition coefficient (Wildman–Crippen LogP) is 4.58. The normalized spacial score (nSPS) is 13.5. The summed E-state index contributed by atoms with van der Waals surface area (Å²) in [6.45, 7) is 2.08. The van der Waals surface area contributed by atoms with Crippen molar-refractivity contribution < 1.29 is 4.74 Å².